The molecule has 6 nitrogen and oxygen atoms in total. The summed E-state index contributed by atoms with van der Waals surface area (Å²) in [7, 11) is 1.86. The molecule has 0 bridgehead atoms. The molecule has 0 spiro atoms. The first-order valence-electron chi connectivity index (χ1n) is 6.69. The summed E-state index contributed by atoms with van der Waals surface area (Å²) in [5, 5.41) is 11.1. The van der Waals surface area contributed by atoms with Gasteiger partial charge in [-0.05, 0) is 6.07 Å². The lowest BCUT2D eigenvalue weighted by Gasteiger charge is -2.07. The number of benzene rings is 1. The van der Waals surface area contributed by atoms with Crippen molar-refractivity contribution in [2.45, 2.75) is 0 Å². The Balaban J connectivity index is 2.00. The van der Waals surface area contributed by atoms with E-state index >= 15 is 0 Å². The fraction of sp³-hybridized carbons (Fsp3) is 0.133. The summed E-state index contributed by atoms with van der Waals surface area (Å²) in [5.74, 6) is 1.13. The zero-order valence-corrected chi connectivity index (χ0v) is 11.4. The van der Waals surface area contributed by atoms with Crippen molar-refractivity contribution >= 4 is 28.4 Å². The van der Waals surface area contributed by atoms with Gasteiger partial charge < -0.3 is 10.6 Å². The van der Waals surface area contributed by atoms with E-state index in [1.807, 2.05) is 43.4 Å². The van der Waals surface area contributed by atoms with Crippen LogP contribution in [0.5, 0.6) is 0 Å². The summed E-state index contributed by atoms with van der Waals surface area (Å²) in [6, 6.07) is 11.9. The van der Waals surface area contributed by atoms with Crippen LogP contribution >= 0.6 is 0 Å². The molecule has 0 unspecified atom stereocenters. The summed E-state index contributed by atoms with van der Waals surface area (Å²) >= 11 is 0. The maximum absolute atomic E-state index is 11.7. The summed E-state index contributed by atoms with van der Waals surface area (Å²) in [5.41, 5.74) is 2.82. The van der Waals surface area contributed by atoms with E-state index in [9.17, 15) is 4.79 Å². The minimum Gasteiger partial charge on any atom is -0.360 e. The van der Waals surface area contributed by atoms with E-state index in [4.69, 9.17) is 0 Å². The molecule has 6 heteroatoms. The number of nitrogens with one attached hydrogen (secondary N) is 2. The van der Waals surface area contributed by atoms with Crippen LogP contribution in [0.4, 0.5) is 11.6 Å². The first-order valence-corrected chi connectivity index (χ1v) is 6.69. The lowest BCUT2D eigenvalue weighted by molar-refractivity contribution is -0.114. The quantitative estimate of drug-likeness (QED) is 0.714. The topological polar surface area (TPSA) is 71.8 Å². The smallest absolute Gasteiger partial charge is 0.244 e. The highest BCUT2D eigenvalue weighted by molar-refractivity contribution is 6.09. The van der Waals surface area contributed by atoms with Crippen LogP contribution in [0.25, 0.3) is 22.2 Å². The molecule has 1 aromatic carbocycles. The Bertz CT molecular complexity index is 853. The molecule has 0 fully saturated rings. The molecule has 104 valence electrons. The fourth-order valence-corrected chi connectivity index (χ4v) is 2.59. The number of carbonyl (C=O) groups excluding carboxylic acids is 1. The number of hydrogen-bond donors (Lipinski definition) is 2. The van der Waals surface area contributed by atoms with Gasteiger partial charge in [-0.15, -0.1) is 0 Å². The molecule has 1 aliphatic rings. The van der Waals surface area contributed by atoms with Crippen LogP contribution in [-0.4, -0.2) is 27.2 Å². The van der Waals surface area contributed by atoms with Gasteiger partial charge in [0, 0.05) is 12.6 Å². The van der Waals surface area contributed by atoms with Crippen LogP contribution < -0.4 is 10.6 Å². The molecular formula is C15H13N5O. The molecule has 0 atom stereocenters. The van der Waals surface area contributed by atoms with Gasteiger partial charge in [-0.25, -0.2) is 4.98 Å². The second-order valence-electron chi connectivity index (χ2n) is 4.99. The normalized spacial score (nSPS) is 13.7. The first kappa shape index (κ1) is 11.9. The Hall–Kier alpha value is -2.89. The van der Waals surface area contributed by atoms with E-state index in [2.05, 4.69) is 20.7 Å². The Morgan fingerprint density at radius 2 is 2.00 bits per heavy atom. The number of pyridine rings is 1. The molecule has 2 N–H and O–H groups in total. The Morgan fingerprint density at radius 1 is 1.19 bits per heavy atom. The van der Waals surface area contributed by atoms with Gasteiger partial charge in [-0.1, -0.05) is 30.3 Å². The molecule has 0 saturated carbocycles. The molecule has 21 heavy (non-hydrogen) atoms. The number of aromatic nitrogens is 3. The molecule has 0 aliphatic carbocycles. The number of rotatable bonds is 1. The molecule has 0 radical (unpaired) electrons. The zero-order valence-electron chi connectivity index (χ0n) is 11.4. The summed E-state index contributed by atoms with van der Waals surface area (Å²) in [6.45, 7) is 0.195. The molecule has 2 aromatic heterocycles. The van der Waals surface area contributed by atoms with Gasteiger partial charge in [0.1, 0.15) is 5.82 Å². The van der Waals surface area contributed by atoms with Crippen LogP contribution in [0.3, 0.4) is 0 Å². The van der Waals surface area contributed by atoms with Crippen LogP contribution in [0.15, 0.2) is 36.4 Å². The molecule has 0 saturated heterocycles. The molecule has 1 amide bonds. The van der Waals surface area contributed by atoms with Crippen molar-refractivity contribution in [1.29, 1.82) is 0 Å². The molecule has 3 aromatic rings. The number of hydrogen-bond acceptors (Lipinski definition) is 4. The van der Waals surface area contributed by atoms with E-state index in [0.29, 0.717) is 11.6 Å². The van der Waals surface area contributed by atoms with Crippen molar-refractivity contribution in [3.8, 4) is 11.3 Å². The summed E-state index contributed by atoms with van der Waals surface area (Å²) in [4.78, 5) is 16.4. The number of anilines is 2. The van der Waals surface area contributed by atoms with Crippen molar-refractivity contribution < 1.29 is 4.79 Å². The average Bonchev–Trinajstić information content (AvgIpc) is 2.72. The van der Waals surface area contributed by atoms with E-state index in [-0.39, 0.29) is 12.5 Å². The van der Waals surface area contributed by atoms with Gasteiger partial charge in [-0.2, -0.15) is 5.10 Å². The fourth-order valence-electron chi connectivity index (χ4n) is 2.59. The van der Waals surface area contributed by atoms with Crippen LogP contribution in [0.2, 0.25) is 0 Å². The lowest BCUT2D eigenvalue weighted by Crippen LogP contribution is -2.20. The second-order valence-corrected chi connectivity index (χ2v) is 4.99. The minimum atomic E-state index is -0.116. The molecule has 1 aliphatic heterocycles. The van der Waals surface area contributed by atoms with Gasteiger partial charge >= 0.3 is 0 Å². The summed E-state index contributed by atoms with van der Waals surface area (Å²) in [6.07, 6.45) is 0. The maximum atomic E-state index is 11.7. The van der Waals surface area contributed by atoms with E-state index in [1.54, 1.807) is 4.68 Å². The minimum absolute atomic E-state index is 0.116. The van der Waals surface area contributed by atoms with Gasteiger partial charge in [0.05, 0.1) is 23.1 Å². The van der Waals surface area contributed by atoms with E-state index in [1.165, 1.54) is 0 Å². The summed E-state index contributed by atoms with van der Waals surface area (Å²) < 4.78 is 1.76. The van der Waals surface area contributed by atoms with Crippen molar-refractivity contribution in [3.63, 3.8) is 0 Å². The van der Waals surface area contributed by atoms with Crippen LogP contribution in [-0.2, 0) is 11.8 Å². The third kappa shape index (κ3) is 1.84. The maximum Gasteiger partial charge on any atom is 0.244 e. The van der Waals surface area contributed by atoms with Gasteiger partial charge in [0.25, 0.3) is 0 Å². The Kier molecular flexibility index (Phi) is 2.44. The number of aryl methyl sites for hydroxylation is 1. The highest BCUT2D eigenvalue weighted by Gasteiger charge is 2.21. The number of amides is 1. The number of nitrogens with zero attached hydrogens (tertiary/aromatic N) is 3. The van der Waals surface area contributed by atoms with Crippen LogP contribution in [0, 0.1) is 0 Å². The zero-order chi connectivity index (χ0) is 14.4. The van der Waals surface area contributed by atoms with Gasteiger partial charge in [0.15, 0.2) is 5.82 Å². The Morgan fingerprint density at radius 3 is 2.81 bits per heavy atom. The van der Waals surface area contributed by atoms with E-state index in [0.717, 1.165) is 22.2 Å². The van der Waals surface area contributed by atoms with Crippen LogP contribution in [0.1, 0.15) is 0 Å². The standard InChI is InChI=1S/C15H13N5O/c1-20-11-7-10(9-5-3-2-4-6-9)17-14-13(11)15(19-20)18-12(21)8-16-14/h2-7H,8H2,1H3,(H,16,17)(H,18,19,21). The third-order valence-electron chi connectivity index (χ3n) is 3.58. The predicted molar refractivity (Wildman–Crippen MR) is 81.1 cm³/mol. The van der Waals surface area contributed by atoms with Crippen molar-refractivity contribution in [2.24, 2.45) is 7.05 Å². The second kappa shape index (κ2) is 4.31. The number of carbonyl (C=O) groups is 1. The van der Waals surface area contributed by atoms with Gasteiger partial charge in [0.2, 0.25) is 5.91 Å². The molecule has 3 heterocycles. The Labute approximate surface area is 120 Å². The molecule has 4 rings (SSSR count). The monoisotopic (exact) mass is 279 g/mol. The molecular weight excluding hydrogens is 266 g/mol. The highest BCUT2D eigenvalue weighted by Crippen LogP contribution is 2.33. The lowest BCUT2D eigenvalue weighted by atomic mass is 10.1. The van der Waals surface area contributed by atoms with E-state index < -0.39 is 0 Å². The highest BCUT2D eigenvalue weighted by atomic mass is 16.2. The largest absolute Gasteiger partial charge is 0.360 e. The van der Waals surface area contributed by atoms with Gasteiger partial charge in [-0.3, -0.25) is 9.48 Å². The average molecular weight is 279 g/mol. The van der Waals surface area contributed by atoms with Crippen molar-refractivity contribution in [1.82, 2.24) is 14.8 Å². The third-order valence-corrected chi connectivity index (χ3v) is 3.58. The van der Waals surface area contributed by atoms with Crippen molar-refractivity contribution in [3.05, 3.63) is 36.4 Å². The SMILES string of the molecule is Cn1nc2c3c(nc(-c4ccccc4)cc31)NCC(=O)N2. The first-order chi connectivity index (χ1) is 10.2. The predicted octanol–water partition coefficient (Wildman–Crippen LogP) is 2.00. The van der Waals surface area contributed by atoms with Crippen molar-refractivity contribution in [2.75, 3.05) is 17.2 Å².